The lowest BCUT2D eigenvalue weighted by molar-refractivity contribution is -0.144. The van der Waals surface area contributed by atoms with Crippen molar-refractivity contribution in [3.05, 3.63) is 24.3 Å². The van der Waals surface area contributed by atoms with Gasteiger partial charge in [-0.25, -0.2) is 0 Å². The van der Waals surface area contributed by atoms with Crippen molar-refractivity contribution in [3.8, 4) is 11.5 Å². The van der Waals surface area contributed by atoms with Crippen LogP contribution in [-0.4, -0.2) is 38.9 Å². The van der Waals surface area contributed by atoms with Gasteiger partial charge >= 0.3 is 5.97 Å². The molecular formula is C16H25NO4. The highest BCUT2D eigenvalue weighted by Crippen LogP contribution is 2.26. The van der Waals surface area contributed by atoms with Crippen LogP contribution in [0.1, 0.15) is 20.8 Å². The van der Waals surface area contributed by atoms with Crippen LogP contribution in [0.3, 0.4) is 0 Å². The van der Waals surface area contributed by atoms with Gasteiger partial charge in [0.1, 0.15) is 12.6 Å². The van der Waals surface area contributed by atoms with Crippen molar-refractivity contribution in [3.63, 3.8) is 0 Å². The number of benzene rings is 1. The molecule has 0 aromatic heterocycles. The predicted octanol–water partition coefficient (Wildman–Crippen LogP) is 2.25. The number of ether oxygens (including phenoxy) is 3. The van der Waals surface area contributed by atoms with Crippen molar-refractivity contribution in [1.82, 2.24) is 5.32 Å². The van der Waals surface area contributed by atoms with Crippen LogP contribution >= 0.6 is 0 Å². The molecule has 1 N–H and O–H groups in total. The summed E-state index contributed by atoms with van der Waals surface area (Å²) in [6.45, 7) is 7.47. The van der Waals surface area contributed by atoms with Crippen LogP contribution in [0, 0.1) is 5.92 Å². The standard InChI is InChI=1S/C16H25NO4/c1-5-20-13-8-6-7-9-14(13)21-11-10-17-15(12(2)3)16(18)19-4/h6-9,12,15,17H,5,10-11H2,1-4H3. The summed E-state index contributed by atoms with van der Waals surface area (Å²) >= 11 is 0. The molecule has 0 aliphatic carbocycles. The molecule has 0 heterocycles. The van der Waals surface area contributed by atoms with Gasteiger partial charge in [0.25, 0.3) is 0 Å². The van der Waals surface area contributed by atoms with Gasteiger partial charge in [0.2, 0.25) is 0 Å². The Bertz CT molecular complexity index is 434. The van der Waals surface area contributed by atoms with Gasteiger partial charge in [0, 0.05) is 6.54 Å². The van der Waals surface area contributed by atoms with Crippen molar-refractivity contribution < 1.29 is 19.0 Å². The highest BCUT2D eigenvalue weighted by atomic mass is 16.5. The Labute approximate surface area is 126 Å². The van der Waals surface area contributed by atoms with E-state index in [4.69, 9.17) is 14.2 Å². The molecule has 0 aliphatic rings. The Balaban J connectivity index is 2.44. The van der Waals surface area contributed by atoms with Crippen LogP contribution in [0.4, 0.5) is 0 Å². The zero-order chi connectivity index (χ0) is 15.7. The van der Waals surface area contributed by atoms with Gasteiger partial charge in [-0.05, 0) is 25.0 Å². The van der Waals surface area contributed by atoms with Gasteiger partial charge in [0.05, 0.1) is 13.7 Å². The quantitative estimate of drug-likeness (QED) is 0.559. The summed E-state index contributed by atoms with van der Waals surface area (Å²) in [5, 5.41) is 3.15. The van der Waals surface area contributed by atoms with Crippen molar-refractivity contribution in [2.45, 2.75) is 26.8 Å². The molecule has 1 rings (SSSR count). The first kappa shape index (κ1) is 17.3. The zero-order valence-corrected chi connectivity index (χ0v) is 13.2. The third-order valence-corrected chi connectivity index (χ3v) is 2.99. The second-order valence-corrected chi connectivity index (χ2v) is 4.93. The van der Waals surface area contributed by atoms with Crippen LogP contribution < -0.4 is 14.8 Å². The maximum absolute atomic E-state index is 11.6. The summed E-state index contributed by atoms with van der Waals surface area (Å²) in [6, 6.07) is 7.22. The summed E-state index contributed by atoms with van der Waals surface area (Å²) in [7, 11) is 1.40. The van der Waals surface area contributed by atoms with E-state index in [1.165, 1.54) is 7.11 Å². The molecule has 0 saturated carbocycles. The Morgan fingerprint density at radius 1 is 1.19 bits per heavy atom. The molecule has 0 spiro atoms. The van der Waals surface area contributed by atoms with Gasteiger partial charge in [0.15, 0.2) is 11.5 Å². The minimum absolute atomic E-state index is 0.160. The van der Waals surface area contributed by atoms with Gasteiger partial charge in [-0.2, -0.15) is 0 Å². The van der Waals surface area contributed by atoms with Crippen LogP contribution in [0.5, 0.6) is 11.5 Å². The topological polar surface area (TPSA) is 56.8 Å². The molecule has 1 atom stereocenters. The third kappa shape index (κ3) is 5.63. The lowest BCUT2D eigenvalue weighted by atomic mass is 10.1. The van der Waals surface area contributed by atoms with Crippen molar-refractivity contribution in [2.24, 2.45) is 5.92 Å². The molecule has 0 aliphatic heterocycles. The fourth-order valence-electron chi connectivity index (χ4n) is 1.94. The van der Waals surface area contributed by atoms with Crippen molar-refractivity contribution in [2.75, 3.05) is 26.9 Å². The first-order chi connectivity index (χ1) is 10.1. The molecule has 5 heteroatoms. The normalized spacial score (nSPS) is 12.0. The largest absolute Gasteiger partial charge is 0.490 e. The Morgan fingerprint density at radius 3 is 2.33 bits per heavy atom. The Kier molecular flexibility index (Phi) is 7.61. The first-order valence-electron chi connectivity index (χ1n) is 7.26. The fourth-order valence-corrected chi connectivity index (χ4v) is 1.94. The van der Waals surface area contributed by atoms with Crippen LogP contribution in [-0.2, 0) is 9.53 Å². The minimum atomic E-state index is -0.319. The van der Waals surface area contributed by atoms with E-state index in [1.807, 2.05) is 45.0 Å². The maximum Gasteiger partial charge on any atom is 0.323 e. The van der Waals surface area contributed by atoms with Crippen LogP contribution in [0.25, 0.3) is 0 Å². The molecular weight excluding hydrogens is 270 g/mol. The summed E-state index contributed by atoms with van der Waals surface area (Å²) < 4.78 is 16.0. The van der Waals surface area contributed by atoms with E-state index in [2.05, 4.69) is 5.32 Å². The van der Waals surface area contributed by atoms with E-state index in [-0.39, 0.29) is 17.9 Å². The van der Waals surface area contributed by atoms with Crippen LogP contribution in [0.15, 0.2) is 24.3 Å². The number of para-hydroxylation sites is 2. The number of nitrogens with one attached hydrogen (secondary N) is 1. The zero-order valence-electron chi connectivity index (χ0n) is 13.2. The van der Waals surface area contributed by atoms with E-state index in [9.17, 15) is 4.79 Å². The number of esters is 1. The molecule has 0 amide bonds. The molecule has 21 heavy (non-hydrogen) atoms. The second kappa shape index (κ2) is 9.23. The Hall–Kier alpha value is -1.75. The van der Waals surface area contributed by atoms with E-state index in [0.717, 1.165) is 5.75 Å². The monoisotopic (exact) mass is 295 g/mol. The average molecular weight is 295 g/mol. The Morgan fingerprint density at radius 2 is 1.81 bits per heavy atom. The van der Waals surface area contributed by atoms with Gasteiger partial charge in [-0.1, -0.05) is 26.0 Å². The minimum Gasteiger partial charge on any atom is -0.490 e. The van der Waals surface area contributed by atoms with E-state index in [0.29, 0.717) is 25.5 Å². The molecule has 0 fully saturated rings. The van der Waals surface area contributed by atoms with Crippen LogP contribution in [0.2, 0.25) is 0 Å². The molecule has 1 aromatic carbocycles. The molecule has 0 radical (unpaired) electrons. The molecule has 1 unspecified atom stereocenters. The number of carbonyl (C=O) groups is 1. The van der Waals surface area contributed by atoms with Gasteiger partial charge in [-0.3, -0.25) is 4.79 Å². The van der Waals surface area contributed by atoms with E-state index in [1.54, 1.807) is 0 Å². The van der Waals surface area contributed by atoms with Gasteiger partial charge in [-0.15, -0.1) is 0 Å². The maximum atomic E-state index is 11.6. The second-order valence-electron chi connectivity index (χ2n) is 4.93. The highest BCUT2D eigenvalue weighted by molar-refractivity contribution is 5.75. The predicted molar refractivity (Wildman–Crippen MR) is 81.8 cm³/mol. The third-order valence-electron chi connectivity index (χ3n) is 2.99. The number of methoxy groups -OCH3 is 1. The lowest BCUT2D eigenvalue weighted by Crippen LogP contribution is -2.43. The fraction of sp³-hybridized carbons (Fsp3) is 0.562. The molecule has 0 saturated heterocycles. The number of hydrogen-bond acceptors (Lipinski definition) is 5. The number of rotatable bonds is 9. The van der Waals surface area contributed by atoms with E-state index >= 15 is 0 Å². The van der Waals surface area contributed by atoms with Gasteiger partial charge < -0.3 is 19.5 Å². The first-order valence-corrected chi connectivity index (χ1v) is 7.26. The molecule has 0 bridgehead atoms. The summed E-state index contributed by atoms with van der Waals surface area (Å²) in [5.41, 5.74) is 0. The van der Waals surface area contributed by atoms with E-state index < -0.39 is 0 Å². The number of carbonyl (C=O) groups excluding carboxylic acids is 1. The molecule has 118 valence electrons. The smallest absolute Gasteiger partial charge is 0.323 e. The summed E-state index contributed by atoms with van der Waals surface area (Å²) in [4.78, 5) is 11.6. The lowest BCUT2D eigenvalue weighted by Gasteiger charge is -2.20. The highest BCUT2D eigenvalue weighted by Gasteiger charge is 2.21. The summed E-state index contributed by atoms with van der Waals surface area (Å²) in [5.74, 6) is 1.35. The van der Waals surface area contributed by atoms with Crippen molar-refractivity contribution >= 4 is 5.97 Å². The number of hydrogen-bond donors (Lipinski definition) is 1. The molecule has 1 aromatic rings. The SMILES string of the molecule is CCOc1ccccc1OCCNC(C(=O)OC)C(C)C. The molecule has 5 nitrogen and oxygen atoms in total. The summed E-state index contributed by atoms with van der Waals surface area (Å²) in [6.07, 6.45) is 0. The van der Waals surface area contributed by atoms with Crippen molar-refractivity contribution in [1.29, 1.82) is 0 Å². The average Bonchev–Trinajstić information content (AvgIpc) is 2.48.